The average molecular weight is 231 g/mol. The van der Waals surface area contributed by atoms with Crippen molar-refractivity contribution in [2.24, 2.45) is 0 Å². The molecule has 0 saturated carbocycles. The summed E-state index contributed by atoms with van der Waals surface area (Å²) in [5.74, 6) is 0.932. The van der Waals surface area contributed by atoms with Crippen LogP contribution in [0.25, 0.3) is 0 Å². The summed E-state index contributed by atoms with van der Waals surface area (Å²) < 4.78 is 5.29. The third kappa shape index (κ3) is 3.32. The molecule has 1 aromatic carbocycles. The molecule has 1 aromatic heterocycles. The van der Waals surface area contributed by atoms with Gasteiger partial charge in [-0.1, -0.05) is 18.2 Å². The zero-order valence-electron chi connectivity index (χ0n) is 9.94. The smallest absolute Gasteiger partial charge is 0.123 e. The van der Waals surface area contributed by atoms with Crippen molar-refractivity contribution in [3.63, 3.8) is 0 Å². The highest BCUT2D eigenvalue weighted by molar-refractivity contribution is 5.32. The summed E-state index contributed by atoms with van der Waals surface area (Å²) in [5.41, 5.74) is 2.33. The van der Waals surface area contributed by atoms with Gasteiger partial charge >= 0.3 is 0 Å². The zero-order chi connectivity index (χ0) is 11.9. The normalized spacial score (nSPS) is 10.4. The number of para-hydroxylation sites is 1. The van der Waals surface area contributed by atoms with Crippen molar-refractivity contribution in [1.82, 2.24) is 15.3 Å². The van der Waals surface area contributed by atoms with Crippen LogP contribution in [0.1, 0.15) is 11.3 Å². The zero-order valence-corrected chi connectivity index (χ0v) is 9.94. The van der Waals surface area contributed by atoms with Crippen molar-refractivity contribution in [2.75, 3.05) is 13.7 Å². The maximum absolute atomic E-state index is 5.29. The van der Waals surface area contributed by atoms with E-state index in [2.05, 4.69) is 21.4 Å². The first-order valence-corrected chi connectivity index (χ1v) is 5.70. The van der Waals surface area contributed by atoms with E-state index in [1.807, 2.05) is 24.4 Å². The van der Waals surface area contributed by atoms with E-state index in [0.29, 0.717) is 0 Å². The second-order valence-corrected chi connectivity index (χ2v) is 3.82. The molecule has 0 fully saturated rings. The monoisotopic (exact) mass is 231 g/mol. The molecular formula is C13H17N3O. The van der Waals surface area contributed by atoms with Crippen molar-refractivity contribution < 1.29 is 4.74 Å². The van der Waals surface area contributed by atoms with Gasteiger partial charge in [-0.25, -0.2) is 4.98 Å². The van der Waals surface area contributed by atoms with Crippen LogP contribution in [0.15, 0.2) is 36.8 Å². The van der Waals surface area contributed by atoms with Crippen LogP contribution in [-0.4, -0.2) is 23.6 Å². The predicted molar refractivity (Wildman–Crippen MR) is 67.0 cm³/mol. The van der Waals surface area contributed by atoms with Gasteiger partial charge < -0.3 is 15.0 Å². The van der Waals surface area contributed by atoms with Crippen LogP contribution in [0.2, 0.25) is 0 Å². The summed E-state index contributed by atoms with van der Waals surface area (Å²) in [6, 6.07) is 8.05. The fourth-order valence-corrected chi connectivity index (χ4v) is 1.72. The number of methoxy groups -OCH3 is 1. The minimum atomic E-state index is 0.818. The summed E-state index contributed by atoms with van der Waals surface area (Å²) in [6.07, 6.45) is 4.51. The van der Waals surface area contributed by atoms with Crippen molar-refractivity contribution in [1.29, 1.82) is 0 Å². The fourth-order valence-electron chi connectivity index (χ4n) is 1.72. The van der Waals surface area contributed by atoms with Gasteiger partial charge in [-0.2, -0.15) is 0 Å². The molecule has 0 aliphatic carbocycles. The van der Waals surface area contributed by atoms with Crippen molar-refractivity contribution in [3.05, 3.63) is 48.0 Å². The van der Waals surface area contributed by atoms with Gasteiger partial charge in [0.1, 0.15) is 5.75 Å². The van der Waals surface area contributed by atoms with Gasteiger partial charge in [-0.05, 0) is 6.07 Å². The molecule has 0 bridgehead atoms. The first-order chi connectivity index (χ1) is 8.40. The maximum atomic E-state index is 5.29. The standard InChI is InChI=1S/C13H17N3O/c1-17-13-5-3-2-4-11(13)8-14-7-6-12-9-15-10-16-12/h2-5,9-10,14H,6-8H2,1H3,(H,15,16). The Bertz CT molecular complexity index is 440. The van der Waals surface area contributed by atoms with Crippen LogP contribution >= 0.6 is 0 Å². The first kappa shape index (κ1) is 11.7. The molecule has 2 aromatic rings. The summed E-state index contributed by atoms with van der Waals surface area (Å²) in [5, 5.41) is 3.39. The lowest BCUT2D eigenvalue weighted by atomic mass is 10.2. The SMILES string of the molecule is COc1ccccc1CNCCc1cnc[nH]1. The quantitative estimate of drug-likeness (QED) is 0.745. The highest BCUT2D eigenvalue weighted by Gasteiger charge is 2.00. The first-order valence-electron chi connectivity index (χ1n) is 5.70. The third-order valence-corrected chi connectivity index (χ3v) is 2.63. The molecule has 90 valence electrons. The molecule has 0 saturated heterocycles. The predicted octanol–water partition coefficient (Wildman–Crippen LogP) is 1.75. The minimum absolute atomic E-state index is 0.818. The second-order valence-electron chi connectivity index (χ2n) is 3.82. The van der Waals surface area contributed by atoms with E-state index in [9.17, 15) is 0 Å². The van der Waals surface area contributed by atoms with E-state index in [1.54, 1.807) is 13.4 Å². The Morgan fingerprint density at radius 1 is 1.35 bits per heavy atom. The number of imidazole rings is 1. The second kappa shape index (κ2) is 6.06. The van der Waals surface area contributed by atoms with Crippen LogP contribution < -0.4 is 10.1 Å². The fraction of sp³-hybridized carbons (Fsp3) is 0.308. The molecule has 0 aliphatic rings. The lowest BCUT2D eigenvalue weighted by Crippen LogP contribution is -2.17. The summed E-state index contributed by atoms with van der Waals surface area (Å²) in [4.78, 5) is 7.07. The molecule has 0 unspecified atom stereocenters. The molecule has 0 spiro atoms. The number of hydrogen-bond acceptors (Lipinski definition) is 3. The Balaban J connectivity index is 1.78. The molecule has 17 heavy (non-hydrogen) atoms. The molecule has 0 atom stereocenters. The summed E-state index contributed by atoms with van der Waals surface area (Å²) in [7, 11) is 1.70. The van der Waals surface area contributed by atoms with Gasteiger partial charge in [0.25, 0.3) is 0 Å². The van der Waals surface area contributed by atoms with Crippen LogP contribution in [0, 0.1) is 0 Å². The van der Waals surface area contributed by atoms with Crippen molar-refractivity contribution >= 4 is 0 Å². The lowest BCUT2D eigenvalue weighted by Gasteiger charge is -2.08. The van der Waals surface area contributed by atoms with Gasteiger partial charge in [0.05, 0.1) is 13.4 Å². The van der Waals surface area contributed by atoms with E-state index >= 15 is 0 Å². The highest BCUT2D eigenvalue weighted by atomic mass is 16.5. The average Bonchev–Trinajstić information content (AvgIpc) is 2.88. The highest BCUT2D eigenvalue weighted by Crippen LogP contribution is 2.16. The number of nitrogens with one attached hydrogen (secondary N) is 2. The minimum Gasteiger partial charge on any atom is -0.496 e. The summed E-state index contributed by atoms with van der Waals surface area (Å²) in [6.45, 7) is 1.73. The van der Waals surface area contributed by atoms with E-state index in [-0.39, 0.29) is 0 Å². The van der Waals surface area contributed by atoms with Gasteiger partial charge in [0, 0.05) is 37.0 Å². The molecule has 0 aliphatic heterocycles. The number of hydrogen-bond donors (Lipinski definition) is 2. The molecule has 4 heteroatoms. The Morgan fingerprint density at radius 2 is 2.24 bits per heavy atom. The van der Waals surface area contributed by atoms with Gasteiger partial charge in [-0.15, -0.1) is 0 Å². The number of aromatic amines is 1. The Hall–Kier alpha value is -1.81. The van der Waals surface area contributed by atoms with E-state index in [0.717, 1.165) is 31.0 Å². The van der Waals surface area contributed by atoms with Crippen LogP contribution in [-0.2, 0) is 13.0 Å². The van der Waals surface area contributed by atoms with Crippen LogP contribution in [0.4, 0.5) is 0 Å². The van der Waals surface area contributed by atoms with E-state index in [4.69, 9.17) is 4.74 Å². The largest absolute Gasteiger partial charge is 0.496 e. The Kier molecular flexibility index (Phi) is 4.16. The van der Waals surface area contributed by atoms with Crippen molar-refractivity contribution in [3.8, 4) is 5.75 Å². The molecule has 2 rings (SSSR count). The van der Waals surface area contributed by atoms with Gasteiger partial charge in [-0.3, -0.25) is 0 Å². The van der Waals surface area contributed by atoms with Crippen LogP contribution in [0.3, 0.4) is 0 Å². The van der Waals surface area contributed by atoms with E-state index in [1.165, 1.54) is 5.56 Å². The van der Waals surface area contributed by atoms with Crippen LogP contribution in [0.5, 0.6) is 5.75 Å². The molecule has 2 N–H and O–H groups in total. The molecule has 0 amide bonds. The molecule has 4 nitrogen and oxygen atoms in total. The summed E-state index contributed by atoms with van der Waals surface area (Å²) >= 11 is 0. The Labute approximate surface area is 101 Å². The maximum Gasteiger partial charge on any atom is 0.123 e. The number of benzene rings is 1. The third-order valence-electron chi connectivity index (χ3n) is 2.63. The van der Waals surface area contributed by atoms with Gasteiger partial charge in [0.15, 0.2) is 0 Å². The topological polar surface area (TPSA) is 49.9 Å². The number of H-pyrrole nitrogens is 1. The van der Waals surface area contributed by atoms with Gasteiger partial charge in [0.2, 0.25) is 0 Å². The number of ether oxygens (including phenoxy) is 1. The molecule has 1 heterocycles. The van der Waals surface area contributed by atoms with E-state index < -0.39 is 0 Å². The van der Waals surface area contributed by atoms with Crippen molar-refractivity contribution in [2.45, 2.75) is 13.0 Å². The number of nitrogens with zero attached hydrogens (tertiary/aromatic N) is 1. The Morgan fingerprint density at radius 3 is 3.00 bits per heavy atom. The number of aromatic nitrogens is 2. The lowest BCUT2D eigenvalue weighted by molar-refractivity contribution is 0.408. The number of rotatable bonds is 6. The molecule has 0 radical (unpaired) electrons. The molecular weight excluding hydrogens is 214 g/mol.